The zero-order chi connectivity index (χ0) is 24.0. The van der Waals surface area contributed by atoms with Gasteiger partial charge in [0.15, 0.2) is 5.82 Å². The molecular formula is C20H14BrClF3N7O. The summed E-state index contributed by atoms with van der Waals surface area (Å²) in [4.78, 5) is 25.2. The van der Waals surface area contributed by atoms with Crippen LogP contribution in [0.5, 0.6) is 0 Å². The van der Waals surface area contributed by atoms with Gasteiger partial charge in [-0.25, -0.2) is 9.97 Å². The van der Waals surface area contributed by atoms with Crippen LogP contribution in [0.15, 0.2) is 35.1 Å². The molecule has 0 saturated heterocycles. The summed E-state index contributed by atoms with van der Waals surface area (Å²) in [5.41, 5.74) is -2.03. The normalized spacial score (nSPS) is 15.5. The van der Waals surface area contributed by atoms with Crippen LogP contribution in [0.3, 0.4) is 0 Å². The standard InChI is InChI=1S/C20H14BrClF3N7O/c1-10(15-30-17(22)31-32(15)18-27-7-14(21)8-28-18)29-16(33)11-4-12(19(9-26)2-3-19)6-13(5-11)20(23,24)25/h4-8,10H,2-3H2,1H3,(H,29,33). The second-order valence-corrected chi connectivity index (χ2v) is 8.79. The van der Waals surface area contributed by atoms with Crippen molar-refractivity contribution >= 4 is 33.4 Å². The van der Waals surface area contributed by atoms with E-state index in [-0.39, 0.29) is 28.2 Å². The number of benzene rings is 1. The highest BCUT2D eigenvalue weighted by Crippen LogP contribution is 2.48. The number of nitrogens with zero attached hydrogens (tertiary/aromatic N) is 6. The first kappa shape index (κ1) is 23.1. The third kappa shape index (κ3) is 4.69. The van der Waals surface area contributed by atoms with Gasteiger partial charge in [0.05, 0.1) is 27.6 Å². The van der Waals surface area contributed by atoms with Crippen LogP contribution in [-0.2, 0) is 11.6 Å². The lowest BCUT2D eigenvalue weighted by Gasteiger charge is -2.17. The monoisotopic (exact) mass is 539 g/mol. The molecule has 1 aromatic carbocycles. The number of nitriles is 1. The van der Waals surface area contributed by atoms with E-state index in [0.717, 1.165) is 12.1 Å². The van der Waals surface area contributed by atoms with E-state index < -0.39 is 29.1 Å². The minimum absolute atomic E-state index is 0.122. The van der Waals surface area contributed by atoms with Gasteiger partial charge in [0.1, 0.15) is 0 Å². The van der Waals surface area contributed by atoms with Crippen molar-refractivity contribution in [2.24, 2.45) is 0 Å². The molecule has 0 radical (unpaired) electrons. The number of carbonyl (C=O) groups excluding carboxylic acids is 1. The molecule has 1 amide bonds. The van der Waals surface area contributed by atoms with Gasteiger partial charge in [-0.2, -0.15) is 28.1 Å². The molecule has 1 atom stereocenters. The number of carbonyl (C=O) groups is 1. The average Bonchev–Trinajstić information content (AvgIpc) is 3.48. The summed E-state index contributed by atoms with van der Waals surface area (Å²) in [6.45, 7) is 1.57. The number of halogens is 5. The van der Waals surface area contributed by atoms with E-state index in [0.29, 0.717) is 17.3 Å². The summed E-state index contributed by atoms with van der Waals surface area (Å²) in [6, 6.07) is 4.26. The van der Waals surface area contributed by atoms with Gasteiger partial charge in [-0.3, -0.25) is 4.79 Å². The van der Waals surface area contributed by atoms with Crippen molar-refractivity contribution in [3.8, 4) is 12.0 Å². The summed E-state index contributed by atoms with van der Waals surface area (Å²) in [5.74, 6) is -0.454. The third-order valence-electron chi connectivity index (χ3n) is 5.18. The van der Waals surface area contributed by atoms with Crippen molar-refractivity contribution in [1.29, 1.82) is 5.26 Å². The minimum Gasteiger partial charge on any atom is -0.342 e. The zero-order valence-electron chi connectivity index (χ0n) is 16.9. The first-order chi connectivity index (χ1) is 15.5. The number of alkyl halides is 3. The Labute approximate surface area is 198 Å². The summed E-state index contributed by atoms with van der Waals surface area (Å²) in [5, 5.41) is 15.9. The third-order valence-corrected chi connectivity index (χ3v) is 5.75. The molecular weight excluding hydrogens is 527 g/mol. The van der Waals surface area contributed by atoms with Gasteiger partial charge in [-0.1, -0.05) is 0 Å². The Morgan fingerprint density at radius 1 is 1.30 bits per heavy atom. The van der Waals surface area contributed by atoms with Gasteiger partial charge in [-0.15, -0.1) is 5.10 Å². The fourth-order valence-electron chi connectivity index (χ4n) is 3.27. The average molecular weight is 541 g/mol. The Morgan fingerprint density at radius 2 is 1.97 bits per heavy atom. The molecule has 2 heterocycles. The molecule has 1 aliphatic rings. The molecule has 0 bridgehead atoms. The topological polar surface area (TPSA) is 109 Å². The largest absolute Gasteiger partial charge is 0.416 e. The van der Waals surface area contributed by atoms with Crippen LogP contribution in [-0.4, -0.2) is 30.6 Å². The highest BCUT2D eigenvalue weighted by atomic mass is 79.9. The van der Waals surface area contributed by atoms with Crippen molar-refractivity contribution in [2.45, 2.75) is 37.4 Å². The second kappa shape index (κ2) is 8.39. The van der Waals surface area contributed by atoms with E-state index in [4.69, 9.17) is 11.6 Å². The molecule has 3 aromatic rings. The number of amides is 1. The van der Waals surface area contributed by atoms with Gasteiger partial charge >= 0.3 is 6.18 Å². The maximum absolute atomic E-state index is 13.5. The summed E-state index contributed by atoms with van der Waals surface area (Å²) in [7, 11) is 0. The van der Waals surface area contributed by atoms with Gasteiger partial charge < -0.3 is 5.32 Å². The molecule has 8 nitrogen and oxygen atoms in total. The lowest BCUT2D eigenvalue weighted by molar-refractivity contribution is -0.137. The first-order valence-electron chi connectivity index (χ1n) is 9.58. The Morgan fingerprint density at radius 3 is 2.55 bits per heavy atom. The van der Waals surface area contributed by atoms with Crippen molar-refractivity contribution < 1.29 is 18.0 Å². The van der Waals surface area contributed by atoms with E-state index >= 15 is 0 Å². The fraction of sp³-hybridized carbons (Fsp3) is 0.300. The Bertz CT molecular complexity index is 1270. The lowest BCUT2D eigenvalue weighted by Crippen LogP contribution is -2.29. The SMILES string of the molecule is CC(NC(=O)c1cc(C(F)(F)F)cc(C2(C#N)CC2)c1)c1nc(Cl)nn1-c1ncc(Br)cn1. The number of aromatic nitrogens is 5. The quantitative estimate of drug-likeness (QED) is 0.509. The predicted molar refractivity (Wildman–Crippen MR) is 114 cm³/mol. The molecule has 1 unspecified atom stereocenters. The van der Waals surface area contributed by atoms with Crippen LogP contribution >= 0.6 is 27.5 Å². The van der Waals surface area contributed by atoms with E-state index in [1.165, 1.54) is 23.1 Å². The van der Waals surface area contributed by atoms with Gasteiger partial charge in [-0.05, 0) is 71.1 Å². The fourth-order valence-corrected chi connectivity index (χ4v) is 3.64. The molecule has 1 aliphatic carbocycles. The molecule has 13 heteroatoms. The summed E-state index contributed by atoms with van der Waals surface area (Å²) >= 11 is 9.16. The Kier molecular flexibility index (Phi) is 5.88. The molecule has 1 N–H and O–H groups in total. The summed E-state index contributed by atoms with van der Waals surface area (Å²) < 4.78 is 42.2. The predicted octanol–water partition coefficient (Wildman–Crippen LogP) is 4.54. The van der Waals surface area contributed by atoms with E-state index in [1.807, 2.05) is 0 Å². The number of hydrogen-bond donors (Lipinski definition) is 1. The molecule has 1 fully saturated rings. The molecule has 33 heavy (non-hydrogen) atoms. The smallest absolute Gasteiger partial charge is 0.342 e. The minimum atomic E-state index is -4.67. The second-order valence-electron chi connectivity index (χ2n) is 7.54. The van der Waals surface area contributed by atoms with Gasteiger partial charge in [0, 0.05) is 18.0 Å². The maximum atomic E-state index is 13.5. The first-order valence-corrected chi connectivity index (χ1v) is 10.7. The Hall–Kier alpha value is -3.04. The van der Waals surface area contributed by atoms with Crippen molar-refractivity contribution in [3.05, 3.63) is 62.9 Å². The molecule has 0 aliphatic heterocycles. The number of nitrogens with one attached hydrogen (secondary N) is 1. The van der Waals surface area contributed by atoms with E-state index in [2.05, 4.69) is 47.4 Å². The highest BCUT2D eigenvalue weighted by molar-refractivity contribution is 9.10. The van der Waals surface area contributed by atoms with Crippen LogP contribution in [0.25, 0.3) is 5.95 Å². The van der Waals surface area contributed by atoms with Crippen LogP contribution in [0.1, 0.15) is 53.1 Å². The number of hydrogen-bond acceptors (Lipinski definition) is 6. The maximum Gasteiger partial charge on any atom is 0.416 e. The summed E-state index contributed by atoms with van der Waals surface area (Å²) in [6.07, 6.45) is -0.820. The molecule has 1 saturated carbocycles. The molecule has 170 valence electrons. The van der Waals surface area contributed by atoms with Crippen molar-refractivity contribution in [1.82, 2.24) is 30.0 Å². The molecule has 2 aromatic heterocycles. The number of rotatable bonds is 5. The Balaban J connectivity index is 1.65. The molecule has 4 rings (SSSR count). The van der Waals surface area contributed by atoms with Crippen LogP contribution < -0.4 is 5.32 Å². The van der Waals surface area contributed by atoms with Gasteiger partial charge in [0.25, 0.3) is 11.9 Å². The molecule has 0 spiro atoms. The van der Waals surface area contributed by atoms with Crippen molar-refractivity contribution in [3.63, 3.8) is 0 Å². The van der Waals surface area contributed by atoms with Crippen molar-refractivity contribution in [2.75, 3.05) is 0 Å². The lowest BCUT2D eigenvalue weighted by atomic mass is 9.93. The van der Waals surface area contributed by atoms with E-state index in [1.54, 1.807) is 6.92 Å². The zero-order valence-corrected chi connectivity index (χ0v) is 19.2. The highest BCUT2D eigenvalue weighted by Gasteiger charge is 2.46. The van der Waals surface area contributed by atoms with Crippen LogP contribution in [0, 0.1) is 11.3 Å². The van der Waals surface area contributed by atoms with Crippen LogP contribution in [0.2, 0.25) is 5.28 Å². The van der Waals surface area contributed by atoms with E-state index in [9.17, 15) is 23.2 Å². The van der Waals surface area contributed by atoms with Gasteiger partial charge in [0.2, 0.25) is 5.28 Å². The van der Waals surface area contributed by atoms with Crippen LogP contribution in [0.4, 0.5) is 13.2 Å².